The first-order chi connectivity index (χ1) is 9.75. The Bertz CT molecular complexity index is 757. The molecule has 5 nitrogen and oxygen atoms in total. The van der Waals surface area contributed by atoms with E-state index in [4.69, 9.17) is 23.2 Å². The Morgan fingerprint density at radius 1 is 1.38 bits per heavy atom. The maximum absolute atomic E-state index is 13.7. The molecule has 0 atom stereocenters. The lowest BCUT2D eigenvalue weighted by Gasteiger charge is -2.17. The van der Waals surface area contributed by atoms with Gasteiger partial charge in [-0.3, -0.25) is 0 Å². The number of hydrogen-bond acceptors (Lipinski definition) is 3. The Morgan fingerprint density at radius 3 is 2.57 bits per heavy atom. The first-order valence-electron chi connectivity index (χ1n) is 5.81. The highest BCUT2D eigenvalue weighted by atomic mass is 35.5. The summed E-state index contributed by atoms with van der Waals surface area (Å²) < 4.78 is 40.8. The Hall–Kier alpha value is -1.15. The van der Waals surface area contributed by atoms with E-state index in [1.165, 1.54) is 36.1 Å². The second-order valence-electron chi connectivity index (χ2n) is 4.41. The van der Waals surface area contributed by atoms with Gasteiger partial charge in [0.15, 0.2) is 0 Å². The van der Waals surface area contributed by atoms with Crippen LogP contribution in [0.3, 0.4) is 0 Å². The lowest BCUT2D eigenvalue weighted by molar-refractivity contribution is 0.454. The highest BCUT2D eigenvalue weighted by Gasteiger charge is 2.28. The number of aromatic nitrogens is 2. The summed E-state index contributed by atoms with van der Waals surface area (Å²) in [5.41, 5.74) is 0.0947. The minimum Gasteiger partial charge on any atom is -0.324 e. The average Bonchev–Trinajstić information content (AvgIpc) is 2.74. The fraction of sp³-hybridized carbons (Fsp3) is 0.250. The van der Waals surface area contributed by atoms with Crippen molar-refractivity contribution in [2.24, 2.45) is 7.05 Å². The lowest BCUT2D eigenvalue weighted by atomic mass is 10.2. The minimum atomic E-state index is -3.94. The number of nitrogens with zero attached hydrogens (tertiary/aromatic N) is 3. The van der Waals surface area contributed by atoms with Gasteiger partial charge in [-0.1, -0.05) is 29.3 Å². The Balaban J connectivity index is 2.36. The van der Waals surface area contributed by atoms with Crippen molar-refractivity contribution in [1.82, 2.24) is 13.9 Å². The molecule has 0 radical (unpaired) electrons. The van der Waals surface area contributed by atoms with Crippen molar-refractivity contribution in [2.45, 2.75) is 11.6 Å². The molecule has 0 unspecified atom stereocenters. The smallest absolute Gasteiger partial charge is 0.263 e. The van der Waals surface area contributed by atoms with Gasteiger partial charge in [-0.05, 0) is 12.1 Å². The molecule has 21 heavy (non-hydrogen) atoms. The summed E-state index contributed by atoms with van der Waals surface area (Å²) in [6.45, 7) is -0.221. The standard InChI is InChI=1S/C12H12Cl2FN3O2S/c1-17-7-16-12(11(17)14)21(19,20)18(2)6-8-9(13)4-3-5-10(8)15/h3-5,7H,6H2,1-2H3. The van der Waals surface area contributed by atoms with Crippen molar-refractivity contribution >= 4 is 33.2 Å². The van der Waals surface area contributed by atoms with Crippen molar-refractivity contribution in [3.63, 3.8) is 0 Å². The third-order valence-corrected chi connectivity index (χ3v) is 5.58. The van der Waals surface area contributed by atoms with Crippen LogP contribution < -0.4 is 0 Å². The van der Waals surface area contributed by atoms with Crippen molar-refractivity contribution in [3.05, 3.63) is 46.1 Å². The van der Waals surface area contributed by atoms with E-state index in [1.54, 1.807) is 7.05 Å². The fourth-order valence-corrected chi connectivity index (χ4v) is 3.44. The monoisotopic (exact) mass is 351 g/mol. The van der Waals surface area contributed by atoms with E-state index in [2.05, 4.69) is 4.98 Å². The van der Waals surface area contributed by atoms with Gasteiger partial charge < -0.3 is 4.57 Å². The van der Waals surface area contributed by atoms with E-state index in [0.717, 1.165) is 4.31 Å². The summed E-state index contributed by atoms with van der Waals surface area (Å²) in [4.78, 5) is 3.77. The largest absolute Gasteiger partial charge is 0.324 e. The molecule has 0 N–H and O–H groups in total. The van der Waals surface area contributed by atoms with Crippen LogP contribution in [0.2, 0.25) is 10.2 Å². The van der Waals surface area contributed by atoms with Gasteiger partial charge in [-0.15, -0.1) is 0 Å². The summed E-state index contributed by atoms with van der Waals surface area (Å²) in [5, 5.41) is -0.132. The number of aryl methyl sites for hydroxylation is 1. The summed E-state index contributed by atoms with van der Waals surface area (Å²) in [6.07, 6.45) is 1.29. The molecular weight excluding hydrogens is 340 g/mol. The summed E-state index contributed by atoms with van der Waals surface area (Å²) in [7, 11) is -1.06. The molecule has 9 heteroatoms. The SMILES string of the molecule is CN(Cc1c(F)cccc1Cl)S(=O)(=O)c1ncn(C)c1Cl. The van der Waals surface area contributed by atoms with Gasteiger partial charge in [0, 0.05) is 31.2 Å². The van der Waals surface area contributed by atoms with Crippen LogP contribution in [0.4, 0.5) is 4.39 Å². The average molecular weight is 352 g/mol. The molecule has 2 aromatic rings. The Morgan fingerprint density at radius 2 is 2.05 bits per heavy atom. The molecular formula is C12H12Cl2FN3O2S. The van der Waals surface area contributed by atoms with Crippen LogP contribution in [0.1, 0.15) is 5.56 Å². The zero-order valence-corrected chi connectivity index (χ0v) is 13.5. The van der Waals surface area contributed by atoms with Gasteiger partial charge >= 0.3 is 0 Å². The molecule has 0 spiro atoms. The van der Waals surface area contributed by atoms with Crippen molar-refractivity contribution in [1.29, 1.82) is 0 Å². The molecule has 114 valence electrons. The number of imidazole rings is 1. The molecule has 0 aliphatic heterocycles. The predicted octanol–water partition coefficient (Wildman–Crippen LogP) is 2.69. The van der Waals surface area contributed by atoms with Crippen LogP contribution in [0.5, 0.6) is 0 Å². The van der Waals surface area contributed by atoms with E-state index in [9.17, 15) is 12.8 Å². The summed E-state index contributed by atoms with van der Waals surface area (Å²) >= 11 is 11.8. The number of benzene rings is 1. The Labute approximate surface area is 132 Å². The van der Waals surface area contributed by atoms with Crippen LogP contribution in [-0.4, -0.2) is 29.3 Å². The van der Waals surface area contributed by atoms with E-state index in [0.29, 0.717) is 0 Å². The highest BCUT2D eigenvalue weighted by Crippen LogP contribution is 2.25. The molecule has 0 fully saturated rings. The normalized spacial score (nSPS) is 12.1. The lowest BCUT2D eigenvalue weighted by Crippen LogP contribution is -2.27. The van der Waals surface area contributed by atoms with Gasteiger partial charge in [0.1, 0.15) is 11.0 Å². The van der Waals surface area contributed by atoms with Crippen molar-refractivity contribution in [2.75, 3.05) is 7.05 Å². The number of hydrogen-bond donors (Lipinski definition) is 0. The van der Waals surface area contributed by atoms with Crippen LogP contribution in [-0.2, 0) is 23.6 Å². The first-order valence-corrected chi connectivity index (χ1v) is 8.00. The molecule has 1 aromatic carbocycles. The number of halogens is 3. The third kappa shape index (κ3) is 3.06. The maximum Gasteiger partial charge on any atom is 0.263 e. The molecule has 1 aromatic heterocycles. The van der Waals surface area contributed by atoms with Crippen molar-refractivity contribution < 1.29 is 12.8 Å². The van der Waals surface area contributed by atoms with Gasteiger partial charge in [0.05, 0.1) is 6.33 Å². The molecule has 0 bridgehead atoms. The molecule has 0 saturated heterocycles. The van der Waals surface area contributed by atoms with Crippen LogP contribution in [0.25, 0.3) is 0 Å². The molecule has 0 saturated carbocycles. The summed E-state index contributed by atoms with van der Waals surface area (Å²) in [5.74, 6) is -0.573. The molecule has 2 rings (SSSR count). The topological polar surface area (TPSA) is 55.2 Å². The zero-order chi connectivity index (χ0) is 15.8. The van der Waals surface area contributed by atoms with E-state index in [-0.39, 0.29) is 27.3 Å². The summed E-state index contributed by atoms with van der Waals surface area (Å²) in [6, 6.07) is 4.16. The number of sulfonamides is 1. The van der Waals surface area contributed by atoms with Crippen LogP contribution >= 0.6 is 23.2 Å². The first kappa shape index (κ1) is 16.2. The van der Waals surface area contributed by atoms with E-state index < -0.39 is 15.8 Å². The van der Waals surface area contributed by atoms with Gasteiger partial charge in [0.2, 0.25) is 5.03 Å². The van der Waals surface area contributed by atoms with Crippen LogP contribution in [0.15, 0.2) is 29.6 Å². The van der Waals surface area contributed by atoms with Gasteiger partial charge in [-0.2, -0.15) is 4.31 Å². The van der Waals surface area contributed by atoms with E-state index >= 15 is 0 Å². The predicted molar refractivity (Wildman–Crippen MR) is 78.3 cm³/mol. The Kier molecular flexibility index (Phi) is 4.57. The molecule has 0 amide bonds. The maximum atomic E-state index is 13.7. The molecule has 0 aliphatic carbocycles. The van der Waals surface area contributed by atoms with Crippen LogP contribution in [0, 0.1) is 5.82 Å². The second kappa shape index (κ2) is 5.92. The molecule has 0 aliphatic rings. The van der Waals surface area contributed by atoms with Gasteiger partial charge in [0.25, 0.3) is 10.0 Å². The minimum absolute atomic E-state index is 0.0125. The zero-order valence-electron chi connectivity index (χ0n) is 11.2. The van der Waals surface area contributed by atoms with Crippen molar-refractivity contribution in [3.8, 4) is 0 Å². The highest BCUT2D eigenvalue weighted by molar-refractivity contribution is 7.89. The second-order valence-corrected chi connectivity index (χ2v) is 7.14. The number of rotatable bonds is 4. The fourth-order valence-electron chi connectivity index (χ4n) is 1.71. The third-order valence-electron chi connectivity index (χ3n) is 2.93. The van der Waals surface area contributed by atoms with Gasteiger partial charge in [-0.25, -0.2) is 17.8 Å². The molecule has 1 heterocycles. The van der Waals surface area contributed by atoms with E-state index in [1.807, 2.05) is 0 Å². The quantitative estimate of drug-likeness (QED) is 0.850.